The van der Waals surface area contributed by atoms with E-state index in [4.69, 9.17) is 4.74 Å². The van der Waals surface area contributed by atoms with E-state index in [9.17, 15) is 13.5 Å². The molecule has 0 aromatic heterocycles. The third-order valence-corrected chi connectivity index (χ3v) is 3.57. The molecule has 0 fully saturated rings. The molecule has 0 aliphatic heterocycles. The normalized spacial score (nSPS) is 14.2. The first-order valence-electron chi connectivity index (χ1n) is 4.98. The van der Waals surface area contributed by atoms with E-state index in [1.54, 1.807) is 6.92 Å². The zero-order valence-electron chi connectivity index (χ0n) is 8.90. The predicted molar refractivity (Wildman–Crippen MR) is 56.1 cm³/mol. The van der Waals surface area contributed by atoms with E-state index < -0.39 is 15.9 Å². The zero-order chi connectivity index (χ0) is 11.0. The number of rotatable bonds is 8. The summed E-state index contributed by atoms with van der Waals surface area (Å²) in [6.07, 6.45) is 0.613. The van der Waals surface area contributed by atoms with Crippen LogP contribution in [-0.2, 0) is 14.6 Å². The van der Waals surface area contributed by atoms with Gasteiger partial charge in [0, 0.05) is 6.61 Å². The molecule has 1 N–H and O–H groups in total. The van der Waals surface area contributed by atoms with E-state index in [0.717, 1.165) is 6.42 Å². The lowest BCUT2D eigenvalue weighted by molar-refractivity contribution is 0.0542. The molecule has 1 atom stereocenters. The molecular weight excluding hydrogens is 204 g/mol. The van der Waals surface area contributed by atoms with Crippen LogP contribution >= 0.6 is 0 Å². The van der Waals surface area contributed by atoms with E-state index >= 15 is 0 Å². The highest BCUT2D eigenvalue weighted by molar-refractivity contribution is 7.91. The summed E-state index contributed by atoms with van der Waals surface area (Å²) in [7, 11) is -3.10. The van der Waals surface area contributed by atoms with E-state index in [0.29, 0.717) is 13.0 Å². The lowest BCUT2D eigenvalue weighted by atomic mass is 10.4. The molecular formula is C9H20O4S. The van der Waals surface area contributed by atoms with Crippen LogP contribution in [0.5, 0.6) is 0 Å². The average molecular weight is 224 g/mol. The van der Waals surface area contributed by atoms with Gasteiger partial charge >= 0.3 is 0 Å². The van der Waals surface area contributed by atoms with E-state index in [1.807, 2.05) is 6.92 Å². The molecule has 4 nitrogen and oxygen atoms in total. The van der Waals surface area contributed by atoms with Crippen molar-refractivity contribution in [1.82, 2.24) is 0 Å². The number of ether oxygens (including phenoxy) is 1. The number of sulfone groups is 1. The summed E-state index contributed by atoms with van der Waals surface area (Å²) in [5, 5.41) is 9.31. The Kier molecular flexibility index (Phi) is 7.13. The van der Waals surface area contributed by atoms with Crippen molar-refractivity contribution in [2.45, 2.75) is 32.8 Å². The Morgan fingerprint density at radius 3 is 2.50 bits per heavy atom. The van der Waals surface area contributed by atoms with Gasteiger partial charge in [-0.05, 0) is 13.3 Å². The molecule has 86 valence electrons. The third-order valence-electron chi connectivity index (χ3n) is 1.77. The standard InChI is InChI=1S/C9H20O4S/c1-3-5-6-14(11,12)8-9(10)7-13-4-2/h9-10H,3-8H2,1-2H3. The van der Waals surface area contributed by atoms with Crippen LogP contribution in [0.15, 0.2) is 0 Å². The Hall–Kier alpha value is -0.130. The van der Waals surface area contributed by atoms with Crippen molar-refractivity contribution in [2.75, 3.05) is 24.7 Å². The van der Waals surface area contributed by atoms with Gasteiger partial charge in [0.2, 0.25) is 0 Å². The van der Waals surface area contributed by atoms with E-state index in [2.05, 4.69) is 0 Å². The molecule has 0 spiro atoms. The second-order valence-electron chi connectivity index (χ2n) is 3.28. The molecule has 0 radical (unpaired) electrons. The molecule has 0 amide bonds. The molecule has 0 aliphatic carbocycles. The minimum absolute atomic E-state index is 0.0991. The molecule has 5 heteroatoms. The van der Waals surface area contributed by atoms with Gasteiger partial charge in [-0.3, -0.25) is 0 Å². The second kappa shape index (κ2) is 7.20. The first kappa shape index (κ1) is 13.9. The maximum absolute atomic E-state index is 11.3. The second-order valence-corrected chi connectivity index (χ2v) is 5.51. The molecule has 0 saturated carbocycles. The molecule has 0 heterocycles. The monoisotopic (exact) mass is 224 g/mol. The number of aliphatic hydroxyl groups is 1. The van der Waals surface area contributed by atoms with Crippen LogP contribution < -0.4 is 0 Å². The van der Waals surface area contributed by atoms with Gasteiger partial charge in [0.15, 0.2) is 9.84 Å². The Balaban J connectivity index is 3.83. The SMILES string of the molecule is CCCCS(=O)(=O)CC(O)COCC. The van der Waals surface area contributed by atoms with Gasteiger partial charge in [0.25, 0.3) is 0 Å². The quantitative estimate of drug-likeness (QED) is 0.655. The van der Waals surface area contributed by atoms with Gasteiger partial charge in [-0.15, -0.1) is 0 Å². The van der Waals surface area contributed by atoms with Crippen LogP contribution in [0.25, 0.3) is 0 Å². The Morgan fingerprint density at radius 1 is 1.36 bits per heavy atom. The minimum Gasteiger partial charge on any atom is -0.390 e. The van der Waals surface area contributed by atoms with Gasteiger partial charge in [-0.2, -0.15) is 0 Å². The first-order chi connectivity index (χ1) is 6.52. The third kappa shape index (κ3) is 7.29. The van der Waals surface area contributed by atoms with Crippen LogP contribution in [0.2, 0.25) is 0 Å². The van der Waals surface area contributed by atoms with Crippen molar-refractivity contribution in [1.29, 1.82) is 0 Å². The molecule has 0 rings (SSSR count). The molecule has 0 bridgehead atoms. The first-order valence-corrected chi connectivity index (χ1v) is 6.80. The highest BCUT2D eigenvalue weighted by Gasteiger charge is 2.16. The highest BCUT2D eigenvalue weighted by atomic mass is 32.2. The fraction of sp³-hybridized carbons (Fsp3) is 1.00. The van der Waals surface area contributed by atoms with Crippen LogP contribution in [0, 0.1) is 0 Å². The van der Waals surface area contributed by atoms with E-state index in [-0.39, 0.29) is 18.1 Å². The number of aliphatic hydroxyl groups excluding tert-OH is 1. The molecule has 1 unspecified atom stereocenters. The number of hydrogen-bond donors (Lipinski definition) is 1. The van der Waals surface area contributed by atoms with Crippen molar-refractivity contribution < 1.29 is 18.3 Å². The lowest BCUT2D eigenvalue weighted by Crippen LogP contribution is -2.27. The van der Waals surface area contributed by atoms with Crippen molar-refractivity contribution in [3.05, 3.63) is 0 Å². The molecule has 14 heavy (non-hydrogen) atoms. The van der Waals surface area contributed by atoms with Crippen LogP contribution in [-0.4, -0.2) is 44.3 Å². The number of hydrogen-bond acceptors (Lipinski definition) is 4. The van der Waals surface area contributed by atoms with Crippen LogP contribution in [0.4, 0.5) is 0 Å². The van der Waals surface area contributed by atoms with Crippen LogP contribution in [0.1, 0.15) is 26.7 Å². The predicted octanol–water partition coefficient (Wildman–Crippen LogP) is 0.599. The van der Waals surface area contributed by atoms with Crippen molar-refractivity contribution >= 4 is 9.84 Å². The van der Waals surface area contributed by atoms with Crippen molar-refractivity contribution in [3.8, 4) is 0 Å². The van der Waals surface area contributed by atoms with Gasteiger partial charge in [0.1, 0.15) is 0 Å². The van der Waals surface area contributed by atoms with E-state index in [1.165, 1.54) is 0 Å². The molecule has 0 saturated heterocycles. The average Bonchev–Trinajstić information content (AvgIpc) is 2.11. The van der Waals surface area contributed by atoms with Crippen molar-refractivity contribution in [3.63, 3.8) is 0 Å². The van der Waals surface area contributed by atoms with Gasteiger partial charge in [-0.1, -0.05) is 13.3 Å². The summed E-state index contributed by atoms with van der Waals surface area (Å²) < 4.78 is 27.6. The largest absolute Gasteiger partial charge is 0.390 e. The lowest BCUT2D eigenvalue weighted by Gasteiger charge is -2.10. The number of unbranched alkanes of at least 4 members (excludes halogenated alkanes) is 1. The Bertz CT molecular complexity index is 223. The highest BCUT2D eigenvalue weighted by Crippen LogP contribution is 2.00. The maximum atomic E-state index is 11.3. The van der Waals surface area contributed by atoms with Crippen LogP contribution in [0.3, 0.4) is 0 Å². The smallest absolute Gasteiger partial charge is 0.152 e. The fourth-order valence-electron chi connectivity index (χ4n) is 1.04. The summed E-state index contributed by atoms with van der Waals surface area (Å²) in [6, 6.07) is 0. The van der Waals surface area contributed by atoms with Gasteiger partial charge < -0.3 is 9.84 Å². The zero-order valence-corrected chi connectivity index (χ0v) is 9.72. The Morgan fingerprint density at radius 2 is 2.00 bits per heavy atom. The molecule has 0 aliphatic rings. The van der Waals surface area contributed by atoms with Gasteiger partial charge in [0.05, 0.1) is 24.2 Å². The Labute approximate surface area is 86.2 Å². The topological polar surface area (TPSA) is 63.6 Å². The summed E-state index contributed by atoms with van der Waals surface area (Å²) in [5.41, 5.74) is 0. The van der Waals surface area contributed by atoms with Gasteiger partial charge in [-0.25, -0.2) is 8.42 Å². The summed E-state index contributed by atoms with van der Waals surface area (Å²) in [5.74, 6) is -0.0281. The van der Waals surface area contributed by atoms with Crippen molar-refractivity contribution in [2.24, 2.45) is 0 Å². The molecule has 0 aromatic rings. The maximum Gasteiger partial charge on any atom is 0.152 e. The fourth-order valence-corrected chi connectivity index (χ4v) is 2.62. The molecule has 0 aromatic carbocycles. The summed E-state index contributed by atoms with van der Waals surface area (Å²) in [4.78, 5) is 0. The summed E-state index contributed by atoms with van der Waals surface area (Å²) in [6.45, 7) is 4.33. The minimum atomic E-state index is -3.10. The summed E-state index contributed by atoms with van der Waals surface area (Å²) >= 11 is 0.